The van der Waals surface area contributed by atoms with Crippen LogP contribution >= 0.6 is 0 Å². The van der Waals surface area contributed by atoms with E-state index in [1.54, 1.807) is 0 Å². The maximum absolute atomic E-state index is 13.7. The summed E-state index contributed by atoms with van der Waals surface area (Å²) in [6, 6.07) is 14.7. The Morgan fingerprint density at radius 3 is 2.42 bits per heavy atom. The minimum atomic E-state index is -2.67. The van der Waals surface area contributed by atoms with Gasteiger partial charge in [0.1, 0.15) is 11.6 Å². The third kappa shape index (κ3) is 3.86. The second kappa shape index (κ2) is 8.37. The molecule has 5 nitrogen and oxygen atoms in total. The number of aromatic amines is 2. The number of alkyl halides is 2. The van der Waals surface area contributed by atoms with Crippen molar-refractivity contribution in [3.8, 4) is 33.6 Å². The van der Waals surface area contributed by atoms with Gasteiger partial charge in [-0.05, 0) is 47.9 Å². The van der Waals surface area contributed by atoms with Gasteiger partial charge in [0.25, 0.3) is 5.92 Å². The van der Waals surface area contributed by atoms with Crippen molar-refractivity contribution < 1.29 is 8.78 Å². The van der Waals surface area contributed by atoms with E-state index in [1.165, 1.54) is 42.4 Å². The summed E-state index contributed by atoms with van der Waals surface area (Å²) in [5.41, 5.74) is 8.86. The number of imidazole rings is 2. The molecule has 0 bridgehead atoms. The zero-order valence-corrected chi connectivity index (χ0v) is 20.1. The molecule has 2 aromatic heterocycles. The summed E-state index contributed by atoms with van der Waals surface area (Å²) >= 11 is 0. The molecule has 1 saturated heterocycles. The molecule has 1 atom stereocenters. The fourth-order valence-electron chi connectivity index (χ4n) is 6.11. The van der Waals surface area contributed by atoms with Crippen molar-refractivity contribution in [3.63, 3.8) is 0 Å². The fraction of sp³-hybridized carbons (Fsp3) is 0.379. The van der Waals surface area contributed by atoms with Crippen molar-refractivity contribution in [1.82, 2.24) is 25.3 Å². The highest BCUT2D eigenvalue weighted by Crippen LogP contribution is 2.39. The monoisotopic (exact) mass is 485 g/mol. The van der Waals surface area contributed by atoms with E-state index in [2.05, 4.69) is 62.7 Å². The van der Waals surface area contributed by atoms with Crippen LogP contribution in [0.15, 0.2) is 48.7 Å². The predicted molar refractivity (Wildman–Crippen MR) is 136 cm³/mol. The van der Waals surface area contributed by atoms with E-state index >= 15 is 0 Å². The minimum absolute atomic E-state index is 0.207. The van der Waals surface area contributed by atoms with Gasteiger partial charge in [-0.2, -0.15) is 0 Å². The van der Waals surface area contributed by atoms with Crippen LogP contribution in [0.5, 0.6) is 0 Å². The number of rotatable bonds is 4. The van der Waals surface area contributed by atoms with E-state index in [4.69, 9.17) is 4.98 Å². The average Bonchev–Trinajstić information content (AvgIpc) is 3.69. The van der Waals surface area contributed by atoms with E-state index in [1.807, 2.05) is 6.20 Å². The third-order valence-electron chi connectivity index (χ3n) is 8.11. The first-order chi connectivity index (χ1) is 17.5. The van der Waals surface area contributed by atoms with Crippen molar-refractivity contribution in [1.29, 1.82) is 0 Å². The van der Waals surface area contributed by atoms with E-state index in [-0.39, 0.29) is 13.0 Å². The molecule has 0 unspecified atom stereocenters. The number of aryl methyl sites for hydroxylation is 2. The van der Waals surface area contributed by atoms with Crippen LogP contribution in [0.25, 0.3) is 33.6 Å². The summed E-state index contributed by atoms with van der Waals surface area (Å²) in [5.74, 6) is -0.343. The zero-order chi connectivity index (χ0) is 24.3. The minimum Gasteiger partial charge on any atom is -0.344 e. The van der Waals surface area contributed by atoms with Gasteiger partial charge in [0, 0.05) is 23.6 Å². The molecule has 0 spiro atoms. The largest absolute Gasteiger partial charge is 0.344 e. The standard InChI is InChI=1S/C29H29F2N5/c30-29(31)14-24(33-16-29)28-34-23-12-10-21-13-20(9-11-22(21)26(23)36-28)17-5-7-18(8-6-17)25-15-32-27(35-25)19-3-1-2-4-19/h5-9,11,13,15,19,24,33H,1-4,10,12,14,16H2,(H,32,35)(H,34,36)/t24-/m0/s1. The van der Waals surface area contributed by atoms with Crippen LogP contribution in [0.2, 0.25) is 0 Å². The lowest BCUT2D eigenvalue weighted by Gasteiger charge is -2.16. The van der Waals surface area contributed by atoms with Crippen molar-refractivity contribution in [2.75, 3.05) is 6.54 Å². The summed E-state index contributed by atoms with van der Waals surface area (Å²) in [4.78, 5) is 16.3. The number of aromatic nitrogens is 4. The van der Waals surface area contributed by atoms with Crippen LogP contribution in [0, 0.1) is 0 Å². The molecule has 3 aliphatic rings. The quantitative estimate of drug-likeness (QED) is 0.307. The molecule has 36 heavy (non-hydrogen) atoms. The summed E-state index contributed by atoms with van der Waals surface area (Å²) in [6.45, 7) is -0.288. The molecule has 0 radical (unpaired) electrons. The van der Waals surface area contributed by atoms with Crippen LogP contribution in [0.1, 0.15) is 67.0 Å². The highest BCUT2D eigenvalue weighted by Gasteiger charge is 2.41. The van der Waals surface area contributed by atoms with Gasteiger partial charge >= 0.3 is 0 Å². The van der Waals surface area contributed by atoms with Crippen LogP contribution < -0.4 is 5.32 Å². The first kappa shape index (κ1) is 21.9. The second-order valence-electron chi connectivity index (χ2n) is 10.6. The predicted octanol–water partition coefficient (Wildman–Crippen LogP) is 6.56. The van der Waals surface area contributed by atoms with E-state index in [0.29, 0.717) is 11.7 Å². The lowest BCUT2D eigenvalue weighted by molar-refractivity contribution is 0.0208. The molecule has 2 aliphatic carbocycles. The van der Waals surface area contributed by atoms with Gasteiger partial charge < -0.3 is 15.3 Å². The Morgan fingerprint density at radius 2 is 1.64 bits per heavy atom. The normalized spacial score (nSPS) is 21.0. The molecule has 0 amide bonds. The van der Waals surface area contributed by atoms with Gasteiger partial charge in [-0.3, -0.25) is 0 Å². The highest BCUT2D eigenvalue weighted by molar-refractivity contribution is 5.76. The van der Waals surface area contributed by atoms with Crippen molar-refractivity contribution >= 4 is 0 Å². The highest BCUT2D eigenvalue weighted by atomic mass is 19.3. The van der Waals surface area contributed by atoms with Gasteiger partial charge in [-0.25, -0.2) is 18.7 Å². The van der Waals surface area contributed by atoms with Crippen LogP contribution in [-0.4, -0.2) is 32.4 Å². The Kier molecular flexibility index (Phi) is 5.10. The molecule has 7 heteroatoms. The number of halogens is 2. The molecule has 3 N–H and O–H groups in total. The summed E-state index contributed by atoms with van der Waals surface area (Å²) < 4.78 is 27.4. The van der Waals surface area contributed by atoms with Gasteiger partial charge in [-0.15, -0.1) is 0 Å². The van der Waals surface area contributed by atoms with Crippen molar-refractivity contribution in [2.45, 2.75) is 62.8 Å². The number of benzene rings is 2. The maximum Gasteiger partial charge on any atom is 0.262 e. The first-order valence-corrected chi connectivity index (χ1v) is 13.0. The Balaban J connectivity index is 1.12. The zero-order valence-electron chi connectivity index (χ0n) is 20.1. The van der Waals surface area contributed by atoms with E-state index in [0.717, 1.165) is 46.9 Å². The smallest absolute Gasteiger partial charge is 0.262 e. The number of nitrogens with zero attached hydrogens (tertiary/aromatic N) is 2. The van der Waals surface area contributed by atoms with Gasteiger partial charge in [0.05, 0.1) is 30.2 Å². The summed E-state index contributed by atoms with van der Waals surface area (Å²) in [5, 5.41) is 2.91. The van der Waals surface area contributed by atoms with Crippen molar-refractivity contribution in [3.05, 3.63) is 71.6 Å². The van der Waals surface area contributed by atoms with Crippen LogP contribution in [0.4, 0.5) is 8.78 Å². The van der Waals surface area contributed by atoms with Gasteiger partial charge in [0.15, 0.2) is 0 Å². The Bertz CT molecular complexity index is 1410. The molecular weight excluding hydrogens is 456 g/mol. The van der Waals surface area contributed by atoms with Crippen LogP contribution in [-0.2, 0) is 12.8 Å². The third-order valence-corrected chi connectivity index (χ3v) is 8.11. The number of H-pyrrole nitrogens is 2. The summed E-state index contributed by atoms with van der Waals surface area (Å²) in [6.07, 6.45) is 8.57. The van der Waals surface area contributed by atoms with Crippen LogP contribution in [0.3, 0.4) is 0 Å². The maximum atomic E-state index is 13.7. The topological polar surface area (TPSA) is 69.4 Å². The number of hydrogen-bond acceptors (Lipinski definition) is 3. The summed E-state index contributed by atoms with van der Waals surface area (Å²) in [7, 11) is 0. The molecule has 2 fully saturated rings. The molecule has 2 aromatic carbocycles. The number of fused-ring (bicyclic) bond motifs is 3. The lowest BCUT2D eigenvalue weighted by atomic mass is 9.89. The Morgan fingerprint density at radius 1 is 0.861 bits per heavy atom. The van der Waals surface area contributed by atoms with E-state index in [9.17, 15) is 8.78 Å². The van der Waals surface area contributed by atoms with Crippen molar-refractivity contribution in [2.24, 2.45) is 0 Å². The van der Waals surface area contributed by atoms with Gasteiger partial charge in [0.2, 0.25) is 0 Å². The molecular formula is C29H29F2N5. The average molecular weight is 486 g/mol. The SMILES string of the molecule is FC1(F)CN[C@H](c2nc3c([nH]2)CCc2cc(-c4ccc(-c5cnc(C6CCCC6)[nH]5)cc4)ccc2-3)C1. The second-order valence-corrected chi connectivity index (χ2v) is 10.6. The van der Waals surface area contributed by atoms with E-state index < -0.39 is 12.0 Å². The lowest BCUT2D eigenvalue weighted by Crippen LogP contribution is -2.19. The van der Waals surface area contributed by atoms with Gasteiger partial charge in [-0.1, -0.05) is 55.3 Å². The Hall–Kier alpha value is -3.32. The molecule has 1 aliphatic heterocycles. The molecule has 1 saturated carbocycles. The molecule has 3 heterocycles. The fourth-order valence-corrected chi connectivity index (χ4v) is 6.11. The Labute approximate surface area is 208 Å². The number of hydrogen-bond donors (Lipinski definition) is 3. The first-order valence-electron chi connectivity index (χ1n) is 13.0. The molecule has 184 valence electrons. The molecule has 4 aromatic rings. The number of nitrogens with one attached hydrogen (secondary N) is 3. The molecule has 7 rings (SSSR count).